The van der Waals surface area contributed by atoms with Gasteiger partial charge in [-0.25, -0.2) is 4.39 Å². The van der Waals surface area contributed by atoms with Gasteiger partial charge in [0.25, 0.3) is 0 Å². The molecule has 0 spiro atoms. The number of aryl methyl sites for hydroxylation is 1. The maximum absolute atomic E-state index is 13.9. The molecule has 0 aromatic heterocycles. The zero-order chi connectivity index (χ0) is 14.5. The van der Waals surface area contributed by atoms with Crippen molar-refractivity contribution in [3.63, 3.8) is 0 Å². The van der Waals surface area contributed by atoms with Crippen molar-refractivity contribution >= 4 is 15.9 Å². The Morgan fingerprint density at radius 3 is 2.50 bits per heavy atom. The highest BCUT2D eigenvalue weighted by molar-refractivity contribution is 9.10. The van der Waals surface area contributed by atoms with E-state index < -0.39 is 0 Å². The summed E-state index contributed by atoms with van der Waals surface area (Å²) in [4.78, 5) is 0. The topological polar surface area (TPSA) is 12.0 Å². The minimum absolute atomic E-state index is 0.129. The Hall–Kier alpha value is -1.19. The zero-order valence-corrected chi connectivity index (χ0v) is 13.4. The number of benzene rings is 2. The minimum atomic E-state index is -0.150. The van der Waals surface area contributed by atoms with Crippen LogP contribution in [0.25, 0.3) is 0 Å². The molecule has 1 unspecified atom stereocenters. The van der Waals surface area contributed by atoms with Crippen LogP contribution in [0.3, 0.4) is 0 Å². The Morgan fingerprint density at radius 2 is 1.85 bits per heavy atom. The standard InChI is InChI=1S/C17H19BrFN/c1-3-20-17(13-6-4-12(2)5-7-13)11-14-10-15(18)8-9-16(14)19/h4-10,17,20H,3,11H2,1-2H3. The molecule has 3 heteroatoms. The largest absolute Gasteiger partial charge is 0.310 e. The molecule has 0 aliphatic carbocycles. The molecule has 0 aliphatic rings. The summed E-state index contributed by atoms with van der Waals surface area (Å²) < 4.78 is 14.8. The summed E-state index contributed by atoms with van der Waals surface area (Å²) in [6, 6.07) is 13.6. The Labute approximate surface area is 128 Å². The average molecular weight is 336 g/mol. The van der Waals surface area contributed by atoms with Crippen LogP contribution in [0.15, 0.2) is 46.9 Å². The molecule has 0 bridgehead atoms. The predicted octanol–water partition coefficient (Wildman–Crippen LogP) is 4.79. The first-order valence-corrected chi connectivity index (χ1v) is 7.63. The van der Waals surface area contributed by atoms with Crippen LogP contribution in [-0.4, -0.2) is 6.54 Å². The second kappa shape index (κ2) is 7.00. The second-order valence-electron chi connectivity index (χ2n) is 4.96. The molecular formula is C17H19BrFN. The normalized spacial score (nSPS) is 12.4. The van der Waals surface area contributed by atoms with Crippen LogP contribution in [0.2, 0.25) is 0 Å². The van der Waals surface area contributed by atoms with Crippen molar-refractivity contribution in [1.82, 2.24) is 5.32 Å². The fourth-order valence-electron chi connectivity index (χ4n) is 2.27. The van der Waals surface area contributed by atoms with Gasteiger partial charge < -0.3 is 5.32 Å². The molecule has 0 aliphatic heterocycles. The molecule has 1 atom stereocenters. The molecule has 0 heterocycles. The van der Waals surface area contributed by atoms with Gasteiger partial charge >= 0.3 is 0 Å². The van der Waals surface area contributed by atoms with E-state index in [0.717, 1.165) is 16.6 Å². The van der Waals surface area contributed by atoms with Gasteiger partial charge in [-0.2, -0.15) is 0 Å². The number of halogens is 2. The van der Waals surface area contributed by atoms with Gasteiger partial charge in [0.15, 0.2) is 0 Å². The molecule has 2 aromatic carbocycles. The third-order valence-electron chi connectivity index (χ3n) is 3.36. The molecule has 106 valence electrons. The van der Waals surface area contributed by atoms with Gasteiger partial charge in [0.2, 0.25) is 0 Å². The van der Waals surface area contributed by atoms with Crippen molar-refractivity contribution < 1.29 is 4.39 Å². The fraction of sp³-hybridized carbons (Fsp3) is 0.294. The molecule has 0 radical (unpaired) electrons. The van der Waals surface area contributed by atoms with E-state index in [1.807, 2.05) is 6.07 Å². The lowest BCUT2D eigenvalue weighted by Crippen LogP contribution is -2.23. The van der Waals surface area contributed by atoms with Crippen molar-refractivity contribution in [1.29, 1.82) is 0 Å². The van der Waals surface area contributed by atoms with Crippen molar-refractivity contribution in [3.8, 4) is 0 Å². The summed E-state index contributed by atoms with van der Waals surface area (Å²) in [6.45, 7) is 4.99. The average Bonchev–Trinajstić information content (AvgIpc) is 2.43. The van der Waals surface area contributed by atoms with Crippen molar-refractivity contribution in [2.45, 2.75) is 26.3 Å². The zero-order valence-electron chi connectivity index (χ0n) is 11.8. The van der Waals surface area contributed by atoms with Crippen LogP contribution in [0.5, 0.6) is 0 Å². The van der Waals surface area contributed by atoms with E-state index in [2.05, 4.69) is 59.4 Å². The van der Waals surface area contributed by atoms with Crippen LogP contribution in [0.4, 0.5) is 4.39 Å². The first kappa shape index (κ1) is 15.2. The summed E-state index contributed by atoms with van der Waals surface area (Å²) in [6.07, 6.45) is 0.641. The molecular weight excluding hydrogens is 317 g/mol. The molecule has 1 N–H and O–H groups in total. The quantitative estimate of drug-likeness (QED) is 0.828. The number of nitrogens with one attached hydrogen (secondary N) is 1. The SMILES string of the molecule is CCNC(Cc1cc(Br)ccc1F)c1ccc(C)cc1. The number of rotatable bonds is 5. The first-order chi connectivity index (χ1) is 9.60. The molecule has 2 aromatic rings. The van der Waals surface area contributed by atoms with Gasteiger partial charge in [0.1, 0.15) is 5.82 Å². The van der Waals surface area contributed by atoms with Gasteiger partial charge in [-0.05, 0) is 49.2 Å². The second-order valence-corrected chi connectivity index (χ2v) is 5.88. The molecule has 1 nitrogen and oxygen atoms in total. The van der Waals surface area contributed by atoms with Gasteiger partial charge in [-0.15, -0.1) is 0 Å². The number of hydrogen-bond acceptors (Lipinski definition) is 1. The molecule has 0 fully saturated rings. The van der Waals surface area contributed by atoms with Gasteiger partial charge in [-0.3, -0.25) is 0 Å². The van der Waals surface area contributed by atoms with Crippen LogP contribution >= 0.6 is 15.9 Å². The smallest absolute Gasteiger partial charge is 0.126 e. The molecule has 0 amide bonds. The van der Waals surface area contributed by atoms with E-state index in [0.29, 0.717) is 6.42 Å². The lowest BCUT2D eigenvalue weighted by Gasteiger charge is -2.19. The Morgan fingerprint density at radius 1 is 1.15 bits per heavy atom. The van der Waals surface area contributed by atoms with E-state index in [4.69, 9.17) is 0 Å². The van der Waals surface area contributed by atoms with Crippen LogP contribution in [-0.2, 0) is 6.42 Å². The van der Waals surface area contributed by atoms with Gasteiger partial charge in [-0.1, -0.05) is 52.7 Å². The van der Waals surface area contributed by atoms with Crippen LogP contribution in [0, 0.1) is 12.7 Å². The summed E-state index contributed by atoms with van der Waals surface area (Å²) in [5, 5.41) is 3.43. The highest BCUT2D eigenvalue weighted by atomic mass is 79.9. The van der Waals surface area contributed by atoms with E-state index in [1.54, 1.807) is 6.07 Å². The monoisotopic (exact) mass is 335 g/mol. The van der Waals surface area contributed by atoms with Crippen molar-refractivity contribution in [3.05, 3.63) is 69.4 Å². The maximum Gasteiger partial charge on any atom is 0.126 e. The fourth-order valence-corrected chi connectivity index (χ4v) is 2.68. The summed E-state index contributed by atoms with van der Waals surface area (Å²) in [5.41, 5.74) is 3.15. The van der Waals surface area contributed by atoms with E-state index in [9.17, 15) is 4.39 Å². The summed E-state index contributed by atoms with van der Waals surface area (Å²) in [7, 11) is 0. The number of likely N-dealkylation sites (N-methyl/N-ethyl adjacent to an activating group) is 1. The highest BCUT2D eigenvalue weighted by Gasteiger charge is 2.14. The number of hydrogen-bond donors (Lipinski definition) is 1. The lowest BCUT2D eigenvalue weighted by atomic mass is 9.97. The molecule has 2 rings (SSSR count). The van der Waals surface area contributed by atoms with E-state index >= 15 is 0 Å². The summed E-state index contributed by atoms with van der Waals surface area (Å²) in [5.74, 6) is -0.150. The predicted molar refractivity (Wildman–Crippen MR) is 85.4 cm³/mol. The van der Waals surface area contributed by atoms with E-state index in [1.165, 1.54) is 17.2 Å². The summed E-state index contributed by atoms with van der Waals surface area (Å²) >= 11 is 3.40. The lowest BCUT2D eigenvalue weighted by molar-refractivity contribution is 0.527. The third-order valence-corrected chi connectivity index (χ3v) is 3.86. The maximum atomic E-state index is 13.9. The van der Waals surface area contributed by atoms with Gasteiger partial charge in [0, 0.05) is 10.5 Å². The first-order valence-electron chi connectivity index (χ1n) is 6.84. The van der Waals surface area contributed by atoms with Crippen LogP contribution < -0.4 is 5.32 Å². The molecule has 0 saturated carbocycles. The Kier molecular flexibility index (Phi) is 5.32. The van der Waals surface area contributed by atoms with Crippen molar-refractivity contribution in [2.75, 3.05) is 6.54 Å². The van der Waals surface area contributed by atoms with E-state index in [-0.39, 0.29) is 11.9 Å². The van der Waals surface area contributed by atoms with Crippen LogP contribution in [0.1, 0.15) is 29.7 Å². The Bertz CT molecular complexity index is 566. The van der Waals surface area contributed by atoms with Gasteiger partial charge in [0.05, 0.1) is 0 Å². The molecule has 0 saturated heterocycles. The Balaban J connectivity index is 2.25. The molecule has 20 heavy (non-hydrogen) atoms. The third kappa shape index (κ3) is 3.90. The van der Waals surface area contributed by atoms with Crippen molar-refractivity contribution in [2.24, 2.45) is 0 Å². The minimum Gasteiger partial charge on any atom is -0.310 e. The highest BCUT2D eigenvalue weighted by Crippen LogP contribution is 2.23.